The normalized spacial score (nSPS) is 20.1. The Morgan fingerprint density at radius 3 is 2.55 bits per heavy atom. The Morgan fingerprint density at radius 2 is 1.82 bits per heavy atom. The van der Waals surface area contributed by atoms with E-state index < -0.39 is 28.6 Å². The number of nitrogens with zero attached hydrogens (tertiary/aromatic N) is 1. The molecule has 0 aromatic heterocycles. The van der Waals surface area contributed by atoms with Gasteiger partial charge in [-0.25, -0.2) is 8.78 Å². The maximum atomic E-state index is 14.2. The standard InChI is InChI=1S/C31H45F2N3O4/c1-3-39-15-8-16-40-31(22-12-13-25(32)26(33)18-22)23-11-7-14-36(20-23)28-27(29(37)30(28)38)35-24(19-34-2)17-21-9-5-4-6-10-21/h12-13,18,21,23-24,31,34-35H,3-11,14-17,19-20H2,1-2H3/t23-,24+,31+/m1/s1. The number of nitrogens with one attached hydrogen (secondary N) is 2. The fourth-order valence-corrected chi connectivity index (χ4v) is 6.45. The Hall–Kier alpha value is -2.36. The SMILES string of the molecule is CCOCCCO[C@@H](c1ccc(F)c(F)c1)[C@@H]1CCCN(c2c(N[C@H](CNC)CC3CCCCC3)c(=O)c2=O)C1. The lowest BCUT2D eigenvalue weighted by Crippen LogP contribution is -2.49. The molecule has 4 rings (SSSR count). The summed E-state index contributed by atoms with van der Waals surface area (Å²) in [7, 11) is 1.90. The summed E-state index contributed by atoms with van der Waals surface area (Å²) >= 11 is 0. The molecule has 2 aromatic carbocycles. The lowest BCUT2D eigenvalue weighted by Gasteiger charge is -2.39. The van der Waals surface area contributed by atoms with Gasteiger partial charge in [-0.3, -0.25) is 9.59 Å². The molecule has 1 heterocycles. The van der Waals surface area contributed by atoms with Crippen LogP contribution in [0.3, 0.4) is 0 Å². The largest absolute Gasteiger partial charge is 0.382 e. The Kier molecular flexibility index (Phi) is 11.5. The summed E-state index contributed by atoms with van der Waals surface area (Å²) in [6.07, 6.45) is 9.02. The number of likely N-dealkylation sites (N-methyl/N-ethyl adjacent to an activating group) is 1. The van der Waals surface area contributed by atoms with E-state index in [-0.39, 0.29) is 12.0 Å². The van der Waals surface area contributed by atoms with Gasteiger partial charge >= 0.3 is 0 Å². The average Bonchev–Trinajstić information content (AvgIpc) is 2.97. The smallest absolute Gasteiger partial charge is 0.253 e. The molecule has 2 N–H and O–H groups in total. The molecular formula is C31H45F2N3O4. The Balaban J connectivity index is 1.49. The van der Waals surface area contributed by atoms with E-state index in [1.165, 1.54) is 38.2 Å². The molecule has 1 saturated carbocycles. The zero-order valence-corrected chi connectivity index (χ0v) is 24.0. The van der Waals surface area contributed by atoms with Crippen molar-refractivity contribution in [1.29, 1.82) is 0 Å². The van der Waals surface area contributed by atoms with E-state index in [0.29, 0.717) is 68.7 Å². The van der Waals surface area contributed by atoms with Gasteiger partial charge in [0.1, 0.15) is 11.4 Å². The summed E-state index contributed by atoms with van der Waals surface area (Å²) in [5.74, 6) is -1.23. The minimum absolute atomic E-state index is 0.0571. The molecule has 2 aromatic rings. The molecule has 0 bridgehead atoms. The number of anilines is 2. The predicted octanol–water partition coefficient (Wildman–Crippen LogP) is 4.93. The molecule has 0 radical (unpaired) electrons. The van der Waals surface area contributed by atoms with E-state index in [2.05, 4.69) is 10.6 Å². The Morgan fingerprint density at radius 1 is 1.02 bits per heavy atom. The zero-order chi connectivity index (χ0) is 28.5. The van der Waals surface area contributed by atoms with E-state index in [0.717, 1.165) is 25.3 Å². The third-order valence-electron chi connectivity index (χ3n) is 8.44. The van der Waals surface area contributed by atoms with Crippen LogP contribution in [0.2, 0.25) is 0 Å². The highest BCUT2D eigenvalue weighted by molar-refractivity contribution is 5.75. The van der Waals surface area contributed by atoms with Crippen molar-refractivity contribution in [3.05, 3.63) is 55.8 Å². The van der Waals surface area contributed by atoms with Gasteiger partial charge in [0.15, 0.2) is 11.6 Å². The second-order valence-corrected chi connectivity index (χ2v) is 11.4. The van der Waals surface area contributed by atoms with Gasteiger partial charge in [0.25, 0.3) is 10.9 Å². The number of benzene rings is 1. The quantitative estimate of drug-likeness (QED) is 0.236. The van der Waals surface area contributed by atoms with E-state index in [1.807, 2.05) is 18.9 Å². The van der Waals surface area contributed by atoms with Crippen LogP contribution in [0, 0.1) is 23.5 Å². The third kappa shape index (κ3) is 7.68. The van der Waals surface area contributed by atoms with Crippen LogP contribution in [0.15, 0.2) is 27.8 Å². The summed E-state index contributed by atoms with van der Waals surface area (Å²) in [4.78, 5) is 27.6. The first-order valence-electron chi connectivity index (χ1n) is 15.1. The third-order valence-corrected chi connectivity index (χ3v) is 8.44. The topological polar surface area (TPSA) is 79.9 Å². The fourth-order valence-electron chi connectivity index (χ4n) is 6.45. The molecule has 1 saturated heterocycles. The number of hydrogen-bond donors (Lipinski definition) is 2. The molecule has 9 heteroatoms. The zero-order valence-electron chi connectivity index (χ0n) is 24.0. The Labute approximate surface area is 236 Å². The lowest BCUT2D eigenvalue weighted by atomic mass is 9.84. The molecule has 1 aliphatic carbocycles. The minimum Gasteiger partial charge on any atom is -0.382 e. The molecule has 2 fully saturated rings. The monoisotopic (exact) mass is 561 g/mol. The predicted molar refractivity (Wildman–Crippen MR) is 155 cm³/mol. The molecule has 2 aliphatic rings. The van der Waals surface area contributed by atoms with Crippen molar-refractivity contribution in [2.24, 2.45) is 11.8 Å². The highest BCUT2D eigenvalue weighted by Crippen LogP contribution is 2.36. The lowest BCUT2D eigenvalue weighted by molar-refractivity contribution is -0.00485. The van der Waals surface area contributed by atoms with Gasteiger partial charge in [-0.2, -0.15) is 0 Å². The number of piperidine rings is 1. The van der Waals surface area contributed by atoms with Gasteiger partial charge in [0, 0.05) is 51.4 Å². The summed E-state index contributed by atoms with van der Waals surface area (Å²) in [5.41, 5.74) is 0.549. The van der Waals surface area contributed by atoms with Crippen molar-refractivity contribution >= 4 is 11.4 Å². The first-order valence-corrected chi connectivity index (χ1v) is 15.1. The van der Waals surface area contributed by atoms with Crippen molar-refractivity contribution < 1.29 is 18.3 Å². The van der Waals surface area contributed by atoms with Crippen molar-refractivity contribution in [3.8, 4) is 0 Å². The van der Waals surface area contributed by atoms with Crippen molar-refractivity contribution in [2.75, 3.05) is 56.7 Å². The van der Waals surface area contributed by atoms with Crippen LogP contribution in [-0.2, 0) is 9.47 Å². The number of halogens is 2. The molecule has 1 aliphatic heterocycles. The fraction of sp³-hybridized carbons (Fsp3) is 0.677. The van der Waals surface area contributed by atoms with Gasteiger partial charge in [0.2, 0.25) is 0 Å². The van der Waals surface area contributed by atoms with Gasteiger partial charge in [-0.15, -0.1) is 0 Å². The van der Waals surface area contributed by atoms with Crippen LogP contribution in [0.25, 0.3) is 0 Å². The minimum atomic E-state index is -0.907. The summed E-state index contributed by atoms with van der Waals surface area (Å²) in [5, 5.41) is 6.68. The van der Waals surface area contributed by atoms with Gasteiger partial charge in [0.05, 0.1) is 6.10 Å². The second kappa shape index (κ2) is 15.0. The molecule has 40 heavy (non-hydrogen) atoms. The van der Waals surface area contributed by atoms with Crippen LogP contribution in [-0.4, -0.2) is 52.5 Å². The Bertz CT molecular complexity index is 1150. The number of rotatable bonds is 15. The van der Waals surface area contributed by atoms with E-state index in [1.54, 1.807) is 6.07 Å². The highest BCUT2D eigenvalue weighted by Gasteiger charge is 2.35. The van der Waals surface area contributed by atoms with Crippen molar-refractivity contribution in [3.63, 3.8) is 0 Å². The molecule has 0 amide bonds. The van der Waals surface area contributed by atoms with Gasteiger partial charge in [-0.1, -0.05) is 38.2 Å². The molecule has 3 atom stereocenters. The van der Waals surface area contributed by atoms with Crippen molar-refractivity contribution in [2.45, 2.75) is 76.9 Å². The van der Waals surface area contributed by atoms with Crippen LogP contribution in [0.1, 0.15) is 76.4 Å². The van der Waals surface area contributed by atoms with Crippen LogP contribution < -0.4 is 26.4 Å². The van der Waals surface area contributed by atoms with E-state index in [4.69, 9.17) is 9.47 Å². The summed E-state index contributed by atoms with van der Waals surface area (Å²) in [6, 6.07) is 3.98. The van der Waals surface area contributed by atoms with Gasteiger partial charge < -0.3 is 25.0 Å². The maximum absolute atomic E-state index is 14.2. The highest BCUT2D eigenvalue weighted by atomic mass is 19.2. The number of ether oxygens (including phenoxy) is 2. The first kappa shape index (κ1) is 30.6. The molecule has 0 unspecified atom stereocenters. The van der Waals surface area contributed by atoms with E-state index in [9.17, 15) is 18.4 Å². The second-order valence-electron chi connectivity index (χ2n) is 11.4. The van der Waals surface area contributed by atoms with Crippen LogP contribution >= 0.6 is 0 Å². The van der Waals surface area contributed by atoms with Crippen molar-refractivity contribution in [1.82, 2.24) is 5.32 Å². The number of hydrogen-bond acceptors (Lipinski definition) is 7. The molecule has 0 spiro atoms. The van der Waals surface area contributed by atoms with Crippen LogP contribution in [0.4, 0.5) is 20.2 Å². The summed E-state index contributed by atoms with van der Waals surface area (Å²) in [6.45, 7) is 5.40. The average molecular weight is 562 g/mol. The molecule has 222 valence electrons. The first-order chi connectivity index (χ1) is 19.4. The van der Waals surface area contributed by atoms with Crippen LogP contribution in [0.5, 0.6) is 0 Å². The van der Waals surface area contributed by atoms with Gasteiger partial charge in [-0.05, 0) is 63.3 Å². The molecular weight excluding hydrogens is 516 g/mol. The maximum Gasteiger partial charge on any atom is 0.253 e. The molecule has 7 nitrogen and oxygen atoms in total. The van der Waals surface area contributed by atoms with E-state index >= 15 is 0 Å². The summed E-state index contributed by atoms with van der Waals surface area (Å²) < 4.78 is 39.6.